The molecular formula is C17H26O2S. The fourth-order valence-electron chi connectivity index (χ4n) is 2.11. The highest BCUT2D eigenvalue weighted by molar-refractivity contribution is 7.91. The summed E-state index contributed by atoms with van der Waals surface area (Å²) in [5.74, 6) is 0.680. The zero-order valence-corrected chi connectivity index (χ0v) is 13.5. The van der Waals surface area contributed by atoms with E-state index in [1.807, 2.05) is 18.2 Å². The van der Waals surface area contributed by atoms with Crippen LogP contribution >= 0.6 is 0 Å². The molecular weight excluding hydrogens is 268 g/mol. The Hall–Kier alpha value is -1.09. The minimum Gasteiger partial charge on any atom is -0.224 e. The molecule has 3 heteroatoms. The maximum Gasteiger partial charge on any atom is 0.178 e. The summed E-state index contributed by atoms with van der Waals surface area (Å²) in [6.45, 7) is 7.89. The van der Waals surface area contributed by atoms with Crippen molar-refractivity contribution in [1.82, 2.24) is 0 Å². The minimum absolute atomic E-state index is 0.252. The maximum absolute atomic E-state index is 12.2. The van der Waals surface area contributed by atoms with E-state index in [0.29, 0.717) is 10.8 Å². The molecule has 20 heavy (non-hydrogen) atoms. The van der Waals surface area contributed by atoms with Gasteiger partial charge in [-0.15, -0.1) is 6.58 Å². The molecule has 1 aromatic carbocycles. The van der Waals surface area contributed by atoms with Gasteiger partial charge in [0.15, 0.2) is 9.84 Å². The van der Waals surface area contributed by atoms with Gasteiger partial charge in [0.25, 0.3) is 0 Å². The lowest BCUT2D eigenvalue weighted by Crippen LogP contribution is -2.07. The summed E-state index contributed by atoms with van der Waals surface area (Å²) < 4.78 is 24.4. The van der Waals surface area contributed by atoms with Gasteiger partial charge in [0.2, 0.25) is 0 Å². The lowest BCUT2D eigenvalue weighted by atomic mass is 10.0. The molecule has 0 radical (unpaired) electrons. The third-order valence-electron chi connectivity index (χ3n) is 3.48. The zero-order valence-electron chi connectivity index (χ0n) is 12.6. The van der Waals surface area contributed by atoms with Gasteiger partial charge in [-0.3, -0.25) is 0 Å². The number of allylic oxidation sites excluding steroid dienone is 1. The first-order valence-corrected chi connectivity index (χ1v) is 9.06. The van der Waals surface area contributed by atoms with Crippen LogP contribution in [0.4, 0.5) is 0 Å². The predicted octanol–water partition coefficient (Wildman–Crippen LogP) is 4.72. The van der Waals surface area contributed by atoms with Crippen LogP contribution in [0, 0.1) is 0 Å². The van der Waals surface area contributed by atoms with Crippen LogP contribution in [0.1, 0.15) is 57.4 Å². The molecule has 112 valence electrons. The zero-order chi connectivity index (χ0) is 15.0. The Kier molecular flexibility index (Phi) is 7.00. The minimum atomic E-state index is -3.12. The molecule has 0 bridgehead atoms. The standard InChI is InChI=1S/C17H26O2S/c1-4-5-6-7-8-9-14-20(18,19)17-12-10-16(11-13-17)15(2)3/h4,10-13,15H,1,5-9,14H2,2-3H3. The van der Waals surface area contributed by atoms with Crippen LogP contribution in [0.5, 0.6) is 0 Å². The second-order valence-corrected chi connectivity index (χ2v) is 7.64. The van der Waals surface area contributed by atoms with Crippen LogP contribution in [0.25, 0.3) is 0 Å². The fraction of sp³-hybridized carbons (Fsp3) is 0.529. The third kappa shape index (κ3) is 5.49. The number of rotatable bonds is 9. The van der Waals surface area contributed by atoms with Crippen molar-refractivity contribution in [3.63, 3.8) is 0 Å². The van der Waals surface area contributed by atoms with Gasteiger partial charge in [0.05, 0.1) is 10.6 Å². The Morgan fingerprint density at radius 1 is 1.05 bits per heavy atom. The van der Waals surface area contributed by atoms with Crippen LogP contribution in [0.3, 0.4) is 0 Å². The Morgan fingerprint density at radius 3 is 2.20 bits per heavy atom. The lowest BCUT2D eigenvalue weighted by Gasteiger charge is -2.08. The van der Waals surface area contributed by atoms with Gasteiger partial charge in [-0.25, -0.2) is 8.42 Å². The molecule has 0 aliphatic heterocycles. The van der Waals surface area contributed by atoms with E-state index in [-0.39, 0.29) is 5.75 Å². The summed E-state index contributed by atoms with van der Waals surface area (Å²) in [5.41, 5.74) is 1.17. The van der Waals surface area contributed by atoms with Crippen molar-refractivity contribution in [2.45, 2.75) is 56.8 Å². The first kappa shape index (κ1) is 17.0. The number of sulfone groups is 1. The first-order chi connectivity index (χ1) is 9.47. The molecule has 0 saturated carbocycles. The van der Waals surface area contributed by atoms with E-state index < -0.39 is 9.84 Å². The second kappa shape index (κ2) is 8.25. The summed E-state index contributed by atoms with van der Waals surface area (Å²) in [6.07, 6.45) is 6.82. The predicted molar refractivity (Wildman–Crippen MR) is 85.9 cm³/mol. The van der Waals surface area contributed by atoms with E-state index in [1.54, 1.807) is 12.1 Å². The molecule has 0 amide bonds. The lowest BCUT2D eigenvalue weighted by molar-refractivity contribution is 0.588. The average Bonchev–Trinajstić information content (AvgIpc) is 2.43. The number of hydrogen-bond donors (Lipinski definition) is 0. The molecule has 0 aromatic heterocycles. The van der Waals surface area contributed by atoms with E-state index in [4.69, 9.17) is 0 Å². The Balaban J connectivity index is 2.49. The Labute approximate surface area is 123 Å². The maximum atomic E-state index is 12.2. The van der Waals surface area contributed by atoms with Crippen LogP contribution in [-0.2, 0) is 9.84 Å². The highest BCUT2D eigenvalue weighted by Gasteiger charge is 2.13. The smallest absolute Gasteiger partial charge is 0.178 e. The molecule has 0 unspecified atom stereocenters. The van der Waals surface area contributed by atoms with E-state index in [2.05, 4.69) is 20.4 Å². The molecule has 2 nitrogen and oxygen atoms in total. The number of unbranched alkanes of at least 4 members (excludes halogenated alkanes) is 4. The largest absolute Gasteiger partial charge is 0.224 e. The SMILES string of the molecule is C=CCCCCCCS(=O)(=O)c1ccc(C(C)C)cc1. The highest BCUT2D eigenvalue weighted by atomic mass is 32.2. The molecule has 1 aromatic rings. The fourth-order valence-corrected chi connectivity index (χ4v) is 3.48. The second-order valence-electron chi connectivity index (χ2n) is 5.53. The van der Waals surface area contributed by atoms with Crippen LogP contribution in [0.15, 0.2) is 41.8 Å². The highest BCUT2D eigenvalue weighted by Crippen LogP contribution is 2.19. The van der Waals surface area contributed by atoms with Gasteiger partial charge in [0, 0.05) is 0 Å². The molecule has 0 N–H and O–H groups in total. The van der Waals surface area contributed by atoms with Gasteiger partial charge in [0.1, 0.15) is 0 Å². The summed E-state index contributed by atoms with van der Waals surface area (Å²) in [5, 5.41) is 0. The van der Waals surface area contributed by atoms with Crippen molar-refractivity contribution >= 4 is 9.84 Å². The Bertz CT molecular complexity index is 498. The molecule has 0 spiro atoms. The summed E-state index contributed by atoms with van der Waals surface area (Å²) in [7, 11) is -3.12. The summed E-state index contributed by atoms with van der Waals surface area (Å²) in [6, 6.07) is 7.31. The third-order valence-corrected chi connectivity index (χ3v) is 5.29. The van der Waals surface area contributed by atoms with Gasteiger partial charge in [-0.1, -0.05) is 44.9 Å². The van der Waals surface area contributed by atoms with E-state index in [1.165, 1.54) is 5.56 Å². The van der Waals surface area contributed by atoms with Crippen molar-refractivity contribution in [2.24, 2.45) is 0 Å². The number of hydrogen-bond acceptors (Lipinski definition) is 2. The van der Waals surface area contributed by atoms with Gasteiger partial charge in [-0.2, -0.15) is 0 Å². The Morgan fingerprint density at radius 2 is 1.65 bits per heavy atom. The van der Waals surface area contributed by atoms with Crippen molar-refractivity contribution < 1.29 is 8.42 Å². The molecule has 0 heterocycles. The van der Waals surface area contributed by atoms with Gasteiger partial charge >= 0.3 is 0 Å². The van der Waals surface area contributed by atoms with E-state index in [9.17, 15) is 8.42 Å². The quantitative estimate of drug-likeness (QED) is 0.488. The van der Waals surface area contributed by atoms with Gasteiger partial charge in [-0.05, 0) is 42.9 Å². The van der Waals surface area contributed by atoms with Crippen molar-refractivity contribution in [3.05, 3.63) is 42.5 Å². The van der Waals surface area contributed by atoms with Crippen LogP contribution in [0.2, 0.25) is 0 Å². The summed E-state index contributed by atoms with van der Waals surface area (Å²) in [4.78, 5) is 0.452. The average molecular weight is 294 g/mol. The molecule has 0 aliphatic carbocycles. The topological polar surface area (TPSA) is 34.1 Å². The molecule has 1 rings (SSSR count). The van der Waals surface area contributed by atoms with E-state index in [0.717, 1.165) is 32.1 Å². The van der Waals surface area contributed by atoms with Crippen molar-refractivity contribution in [2.75, 3.05) is 5.75 Å². The molecule has 0 aliphatic rings. The molecule has 0 atom stereocenters. The van der Waals surface area contributed by atoms with Crippen molar-refractivity contribution in [3.8, 4) is 0 Å². The normalized spacial score (nSPS) is 11.8. The monoisotopic (exact) mass is 294 g/mol. The molecule has 0 fully saturated rings. The molecule has 0 saturated heterocycles. The van der Waals surface area contributed by atoms with E-state index >= 15 is 0 Å². The van der Waals surface area contributed by atoms with Crippen LogP contribution < -0.4 is 0 Å². The number of benzene rings is 1. The van der Waals surface area contributed by atoms with Crippen LogP contribution in [-0.4, -0.2) is 14.2 Å². The van der Waals surface area contributed by atoms with Crippen molar-refractivity contribution in [1.29, 1.82) is 0 Å². The first-order valence-electron chi connectivity index (χ1n) is 7.41. The van der Waals surface area contributed by atoms with Gasteiger partial charge < -0.3 is 0 Å². The summed E-state index contributed by atoms with van der Waals surface area (Å²) >= 11 is 0.